The van der Waals surface area contributed by atoms with Gasteiger partial charge in [-0.05, 0) is 98.8 Å². The Morgan fingerprint density at radius 1 is 0.545 bits per heavy atom. The maximum atomic E-state index is 5.67. The molecule has 4 aromatic carbocycles. The van der Waals surface area contributed by atoms with Gasteiger partial charge in [-0.3, -0.25) is 0 Å². The van der Waals surface area contributed by atoms with E-state index in [1.807, 2.05) is 113 Å². The minimum Gasteiger partial charge on any atom is -0.781 e. The monoisotopic (exact) mass is 702 g/mol. The van der Waals surface area contributed by atoms with Crippen LogP contribution in [0.15, 0.2) is 84.9 Å². The summed E-state index contributed by atoms with van der Waals surface area (Å²) in [6.07, 6.45) is 0. The normalized spacial score (nSPS) is 11.6. The zero-order valence-corrected chi connectivity index (χ0v) is 29.9. The molecule has 0 aliphatic carbocycles. The summed E-state index contributed by atoms with van der Waals surface area (Å²) >= 11 is 22.3. The zero-order valence-electron chi connectivity index (χ0n) is 25.7. The summed E-state index contributed by atoms with van der Waals surface area (Å²) in [5.74, 6) is 2.40. The van der Waals surface area contributed by atoms with Gasteiger partial charge in [0.2, 0.25) is 0 Å². The molecule has 4 aromatic rings. The summed E-state index contributed by atoms with van der Waals surface area (Å²) in [4.78, 5) is 2.69. The van der Waals surface area contributed by atoms with Crippen LogP contribution in [-0.2, 0) is 67.0 Å². The third kappa shape index (κ3) is 10.1. The van der Waals surface area contributed by atoms with Gasteiger partial charge in [-0.2, -0.15) is 19.6 Å². The molecule has 236 valence electrons. The van der Waals surface area contributed by atoms with Crippen LogP contribution in [0.25, 0.3) is 19.6 Å². The fourth-order valence-electron chi connectivity index (χ4n) is 4.16. The average Bonchev–Trinajstić information content (AvgIpc) is 3.02. The van der Waals surface area contributed by atoms with E-state index < -0.39 is 0 Å². The molecular weight excluding hydrogens is 667 g/mol. The molecule has 0 aliphatic rings. The van der Waals surface area contributed by atoms with Gasteiger partial charge in [-0.25, -0.2) is 0 Å². The Morgan fingerprint density at radius 3 is 1.59 bits per heavy atom. The van der Waals surface area contributed by atoms with Gasteiger partial charge in [0.15, 0.2) is 0 Å². The molecule has 0 amide bonds. The summed E-state index contributed by atoms with van der Waals surface area (Å²) in [7, 11) is 1.64. The second kappa shape index (κ2) is 18.2. The zero-order chi connectivity index (χ0) is 31.5. The van der Waals surface area contributed by atoms with Crippen molar-refractivity contribution in [1.29, 1.82) is 0 Å². The smallest absolute Gasteiger partial charge is 0.124 e. The first-order valence-electron chi connectivity index (χ1n) is 13.9. The van der Waals surface area contributed by atoms with Crippen LogP contribution >= 0.6 is 0 Å². The number of aryl methyl sites for hydroxylation is 3. The molecule has 0 heterocycles. The predicted octanol–water partition coefficient (Wildman–Crippen LogP) is 8.94. The van der Waals surface area contributed by atoms with E-state index in [0.717, 1.165) is 50.6 Å². The molecule has 0 saturated heterocycles. The van der Waals surface area contributed by atoms with E-state index in [9.17, 15) is 0 Å². The molecule has 0 atom stereocenters. The molecule has 0 spiro atoms. The van der Waals surface area contributed by atoms with E-state index in [4.69, 9.17) is 64.7 Å². The first kappa shape index (κ1) is 37.3. The third-order valence-electron chi connectivity index (χ3n) is 6.52. The quantitative estimate of drug-likeness (QED) is 0.0977. The Kier molecular flexibility index (Phi) is 15.4. The van der Waals surface area contributed by atoms with Crippen molar-refractivity contribution in [3.63, 3.8) is 0 Å². The van der Waals surface area contributed by atoms with Crippen molar-refractivity contribution in [1.82, 2.24) is 0 Å². The van der Waals surface area contributed by atoms with E-state index >= 15 is 0 Å². The van der Waals surface area contributed by atoms with Gasteiger partial charge in [0, 0.05) is 16.5 Å². The number of hydrogen-bond donors (Lipinski definition) is 0. The van der Waals surface area contributed by atoms with Crippen LogP contribution in [0.3, 0.4) is 0 Å². The second-order valence-corrected chi connectivity index (χ2v) is 11.4. The molecule has 0 aliphatic heterocycles. The Balaban J connectivity index is 0.000000300. The van der Waals surface area contributed by atoms with Crippen LogP contribution in [0, 0.1) is 20.8 Å². The van der Waals surface area contributed by atoms with Gasteiger partial charge in [-0.15, -0.1) is 0 Å². The van der Waals surface area contributed by atoms with Gasteiger partial charge >= 0.3 is 0 Å². The summed E-state index contributed by atoms with van der Waals surface area (Å²) in [5.41, 5.74) is 7.18. The largest absolute Gasteiger partial charge is 0.781 e. The van der Waals surface area contributed by atoms with Crippen molar-refractivity contribution >= 4 is 70.1 Å². The second-order valence-electron chi connectivity index (χ2n) is 9.75. The van der Waals surface area contributed by atoms with Crippen molar-refractivity contribution in [3.05, 3.63) is 124 Å². The van der Waals surface area contributed by atoms with E-state index in [0.29, 0.717) is 32.8 Å². The van der Waals surface area contributed by atoms with Crippen molar-refractivity contribution < 1.29 is 30.7 Å². The molecule has 0 unspecified atom stereocenters. The Labute approximate surface area is 295 Å². The molecule has 0 bridgehead atoms. The first-order chi connectivity index (χ1) is 20.6. The number of hydrogen-bond acceptors (Lipinski definition) is 7. The number of ether oxygens (including phenoxy) is 3. The molecular formula is C36H36NiO3S4-4. The summed E-state index contributed by atoms with van der Waals surface area (Å²) in [6, 6.07) is 27.7. The van der Waals surface area contributed by atoms with E-state index in [-0.39, 0.29) is 16.5 Å². The van der Waals surface area contributed by atoms with Gasteiger partial charge in [-0.1, -0.05) is 59.7 Å². The average molecular weight is 704 g/mol. The van der Waals surface area contributed by atoms with Crippen molar-refractivity contribution in [2.45, 2.75) is 34.6 Å². The topological polar surface area (TPSA) is 27.7 Å². The Bertz CT molecular complexity index is 1580. The first-order valence-corrected chi connectivity index (χ1v) is 15.6. The number of benzene rings is 4. The van der Waals surface area contributed by atoms with Gasteiger partial charge in [0.05, 0.1) is 20.3 Å². The van der Waals surface area contributed by atoms with Crippen LogP contribution in [0.2, 0.25) is 0 Å². The van der Waals surface area contributed by atoms with Crippen LogP contribution < -0.4 is 14.2 Å². The van der Waals surface area contributed by atoms with Crippen LogP contribution in [-0.4, -0.2) is 20.3 Å². The summed E-state index contributed by atoms with van der Waals surface area (Å²) < 4.78 is 16.4. The van der Waals surface area contributed by atoms with Crippen LogP contribution in [0.1, 0.15) is 52.8 Å². The number of rotatable bonds is 9. The third-order valence-corrected chi connectivity index (χ3v) is 8.51. The molecule has 0 aromatic heterocycles. The minimum atomic E-state index is 0. The Morgan fingerprint density at radius 2 is 1.05 bits per heavy atom. The van der Waals surface area contributed by atoms with Crippen molar-refractivity contribution in [2.75, 3.05) is 20.3 Å². The molecule has 44 heavy (non-hydrogen) atoms. The van der Waals surface area contributed by atoms with Crippen molar-refractivity contribution in [3.8, 4) is 17.2 Å². The predicted molar refractivity (Wildman–Crippen MR) is 192 cm³/mol. The van der Waals surface area contributed by atoms with Gasteiger partial charge < -0.3 is 64.7 Å². The molecule has 8 heteroatoms. The molecule has 0 N–H and O–H groups in total. The van der Waals surface area contributed by atoms with E-state index in [1.165, 1.54) is 5.56 Å². The minimum absolute atomic E-state index is 0. The number of methoxy groups -OCH3 is 1. The van der Waals surface area contributed by atoms with Crippen LogP contribution in [0.5, 0.6) is 17.2 Å². The fraction of sp³-hybridized carbons (Fsp3) is 0.222. The molecule has 3 nitrogen and oxygen atoms in total. The van der Waals surface area contributed by atoms with Gasteiger partial charge in [0.25, 0.3) is 0 Å². The van der Waals surface area contributed by atoms with E-state index in [2.05, 4.69) is 6.92 Å². The van der Waals surface area contributed by atoms with Crippen LogP contribution in [0.4, 0.5) is 0 Å². The van der Waals surface area contributed by atoms with E-state index in [1.54, 1.807) is 7.11 Å². The molecule has 0 radical (unpaired) electrons. The molecule has 4 rings (SSSR count). The molecule has 0 saturated carbocycles. The maximum Gasteiger partial charge on any atom is 0.124 e. The fourth-order valence-corrected chi connectivity index (χ4v) is 5.27. The van der Waals surface area contributed by atoms with Crippen molar-refractivity contribution in [2.24, 2.45) is 0 Å². The maximum absolute atomic E-state index is 5.67. The molecule has 0 fully saturated rings. The SMILES string of the molecule is CCOc1ccc(C)c(/C([S-])=C(/[S-])c2ccc(OC)cc2)c1.CCOc1ccc(C)cc1/C([S-])=C(/[S-])c1ccc(C)cc1.[Ni]. The van der Waals surface area contributed by atoms with Gasteiger partial charge in [0.1, 0.15) is 17.2 Å². The Hall–Kier alpha value is -2.87. The summed E-state index contributed by atoms with van der Waals surface area (Å²) in [6.45, 7) is 11.3. The summed E-state index contributed by atoms with van der Waals surface area (Å²) in [5, 5.41) is 0. The standard InChI is InChI=1S/C18H20O2S2.C18H20OS2.Ni/c1-4-20-15-8-5-12(2)16(11-15)18(22)17(21)13-6-9-14(19-3)10-7-13;1-4-19-16-10-7-13(3)11-15(16)18(21)17(20)14-8-5-12(2)6-9-14;/h5-11,21-22H,4H2,1-3H3;5-11,20-21H,4H2,1-3H3;/p-4/b2*18-17-;.